The maximum absolute atomic E-state index is 2.33. The maximum atomic E-state index is 2.33. The van der Waals surface area contributed by atoms with Crippen LogP contribution in [0.5, 0.6) is 0 Å². The standard InChI is InChI=1S/C33H45P.ClH/c1-2-3-4-5-6-7-8-9-10-11-12-22-29-34-33(30-23-16-13-17-24-30,31-25-18-14-19-26-31)32-27-20-15-21-28-32;/h13-21,23-28,34H,2-12,22,29H2,1H3;1H. The highest BCUT2D eigenvalue weighted by molar-refractivity contribution is 7.40. The summed E-state index contributed by atoms with van der Waals surface area (Å²) in [5.74, 6) is 0. The van der Waals surface area contributed by atoms with Gasteiger partial charge in [-0.2, -0.15) is 0 Å². The number of hydrogen-bond donors (Lipinski definition) is 0. The van der Waals surface area contributed by atoms with Crippen molar-refractivity contribution >= 4 is 21.0 Å². The van der Waals surface area contributed by atoms with Gasteiger partial charge in [-0.15, -0.1) is 21.0 Å². The smallest absolute Gasteiger partial charge is 0.0619 e. The molecule has 0 fully saturated rings. The van der Waals surface area contributed by atoms with Gasteiger partial charge in [-0.25, -0.2) is 0 Å². The van der Waals surface area contributed by atoms with Gasteiger partial charge in [-0.1, -0.05) is 169 Å². The van der Waals surface area contributed by atoms with Gasteiger partial charge in [0.25, 0.3) is 0 Å². The third-order valence-corrected chi connectivity index (χ3v) is 9.04. The van der Waals surface area contributed by atoms with Crippen molar-refractivity contribution in [3.8, 4) is 0 Å². The maximum Gasteiger partial charge on any atom is 0.0619 e. The molecule has 0 saturated heterocycles. The van der Waals surface area contributed by atoms with Gasteiger partial charge in [0, 0.05) is 0 Å². The van der Waals surface area contributed by atoms with Crippen LogP contribution in [-0.2, 0) is 5.16 Å². The molecular formula is C33H46ClP. The van der Waals surface area contributed by atoms with Crippen LogP contribution in [-0.4, -0.2) is 6.16 Å². The second kappa shape index (κ2) is 17.8. The topological polar surface area (TPSA) is 0 Å². The van der Waals surface area contributed by atoms with Gasteiger partial charge in [-0.3, -0.25) is 0 Å². The van der Waals surface area contributed by atoms with Crippen molar-refractivity contribution < 1.29 is 0 Å². The molecule has 3 aromatic rings. The molecule has 0 aliphatic carbocycles. The number of hydrogen-bond acceptors (Lipinski definition) is 0. The zero-order chi connectivity index (χ0) is 23.7. The molecule has 0 bridgehead atoms. The minimum absolute atomic E-state index is 0. The summed E-state index contributed by atoms with van der Waals surface area (Å²) in [6.45, 7) is 2.30. The van der Waals surface area contributed by atoms with E-state index in [1.54, 1.807) is 0 Å². The lowest BCUT2D eigenvalue weighted by molar-refractivity contribution is 0.548. The minimum Gasteiger partial charge on any atom is -0.147 e. The van der Waals surface area contributed by atoms with E-state index in [4.69, 9.17) is 0 Å². The first kappa shape index (κ1) is 29.6. The van der Waals surface area contributed by atoms with E-state index in [9.17, 15) is 0 Å². The fourth-order valence-corrected chi connectivity index (χ4v) is 7.03. The monoisotopic (exact) mass is 508 g/mol. The summed E-state index contributed by atoms with van der Waals surface area (Å²) in [6, 6.07) is 33.6. The summed E-state index contributed by atoms with van der Waals surface area (Å²) >= 11 is 0. The summed E-state index contributed by atoms with van der Waals surface area (Å²) in [7, 11) is 0.838. The van der Waals surface area contributed by atoms with Crippen LogP contribution in [0.2, 0.25) is 0 Å². The van der Waals surface area contributed by atoms with Crippen molar-refractivity contribution in [3.05, 3.63) is 108 Å². The minimum atomic E-state index is -0.0540. The van der Waals surface area contributed by atoms with Gasteiger partial charge in [0.1, 0.15) is 0 Å². The number of halogens is 1. The third kappa shape index (κ3) is 9.40. The zero-order valence-electron chi connectivity index (χ0n) is 21.8. The van der Waals surface area contributed by atoms with Crippen molar-refractivity contribution in [1.29, 1.82) is 0 Å². The van der Waals surface area contributed by atoms with Crippen LogP contribution in [0.15, 0.2) is 91.0 Å². The molecule has 3 aromatic carbocycles. The Morgan fingerprint density at radius 2 is 0.771 bits per heavy atom. The van der Waals surface area contributed by atoms with E-state index in [-0.39, 0.29) is 17.6 Å². The lowest BCUT2D eigenvalue weighted by atomic mass is 9.84. The van der Waals surface area contributed by atoms with E-state index >= 15 is 0 Å². The summed E-state index contributed by atoms with van der Waals surface area (Å²) < 4.78 is 0. The molecule has 0 aromatic heterocycles. The van der Waals surface area contributed by atoms with Crippen molar-refractivity contribution in [3.63, 3.8) is 0 Å². The molecule has 3 rings (SSSR count). The van der Waals surface area contributed by atoms with Gasteiger partial charge >= 0.3 is 0 Å². The largest absolute Gasteiger partial charge is 0.147 e. The van der Waals surface area contributed by atoms with Gasteiger partial charge in [-0.05, 0) is 29.3 Å². The van der Waals surface area contributed by atoms with E-state index in [2.05, 4.69) is 97.9 Å². The van der Waals surface area contributed by atoms with Crippen LogP contribution in [0.1, 0.15) is 101 Å². The van der Waals surface area contributed by atoms with Crippen LogP contribution in [0.25, 0.3) is 0 Å². The van der Waals surface area contributed by atoms with E-state index < -0.39 is 0 Å². The lowest BCUT2D eigenvalue weighted by Gasteiger charge is -2.36. The van der Waals surface area contributed by atoms with Crippen molar-refractivity contribution in [2.75, 3.05) is 6.16 Å². The fourth-order valence-electron chi connectivity index (χ4n) is 5.11. The van der Waals surface area contributed by atoms with E-state index in [1.165, 1.54) is 99.9 Å². The first-order valence-corrected chi connectivity index (χ1v) is 15.0. The molecule has 1 atom stereocenters. The zero-order valence-corrected chi connectivity index (χ0v) is 23.6. The van der Waals surface area contributed by atoms with Crippen molar-refractivity contribution in [2.24, 2.45) is 0 Å². The summed E-state index contributed by atoms with van der Waals surface area (Å²) in [5.41, 5.74) is 4.26. The van der Waals surface area contributed by atoms with Crippen LogP contribution in [0.3, 0.4) is 0 Å². The first-order chi connectivity index (χ1) is 16.9. The predicted molar refractivity (Wildman–Crippen MR) is 161 cm³/mol. The molecular weight excluding hydrogens is 463 g/mol. The molecule has 0 N–H and O–H groups in total. The summed E-state index contributed by atoms with van der Waals surface area (Å²) in [4.78, 5) is 0. The average Bonchev–Trinajstić information content (AvgIpc) is 2.91. The van der Waals surface area contributed by atoms with E-state index in [1.807, 2.05) is 0 Å². The number of rotatable bonds is 17. The molecule has 190 valence electrons. The highest BCUT2D eigenvalue weighted by Gasteiger charge is 2.35. The Morgan fingerprint density at radius 1 is 0.457 bits per heavy atom. The number of unbranched alkanes of at least 4 members (excludes halogenated alkanes) is 11. The van der Waals surface area contributed by atoms with Crippen LogP contribution < -0.4 is 0 Å². The highest BCUT2D eigenvalue weighted by atomic mass is 35.5. The van der Waals surface area contributed by atoms with Gasteiger partial charge in [0.05, 0.1) is 5.16 Å². The summed E-state index contributed by atoms with van der Waals surface area (Å²) in [5, 5.41) is -0.0540. The molecule has 0 aliphatic heterocycles. The Balaban J connectivity index is 0.00000432. The molecule has 0 nitrogen and oxygen atoms in total. The Kier molecular flexibility index (Phi) is 15.0. The molecule has 0 saturated carbocycles. The van der Waals surface area contributed by atoms with Gasteiger partial charge in [0.15, 0.2) is 0 Å². The molecule has 35 heavy (non-hydrogen) atoms. The Labute approximate surface area is 223 Å². The van der Waals surface area contributed by atoms with Gasteiger partial charge < -0.3 is 0 Å². The molecule has 0 spiro atoms. The average molecular weight is 509 g/mol. The van der Waals surface area contributed by atoms with E-state index in [0.29, 0.717) is 0 Å². The highest BCUT2D eigenvalue weighted by Crippen LogP contribution is 2.52. The second-order valence-corrected chi connectivity index (χ2v) is 11.3. The molecule has 1 unspecified atom stereocenters. The molecule has 0 heterocycles. The molecule has 0 radical (unpaired) electrons. The number of benzene rings is 3. The quantitative estimate of drug-likeness (QED) is 0.0965. The second-order valence-electron chi connectivity index (χ2n) is 9.66. The molecule has 0 amide bonds. The SMILES string of the molecule is CCCCCCCCCCCCCCPC(c1ccccc1)(c1ccccc1)c1ccccc1.Cl. The Morgan fingerprint density at radius 3 is 1.11 bits per heavy atom. The van der Waals surface area contributed by atoms with Crippen LogP contribution in [0, 0.1) is 0 Å². The van der Waals surface area contributed by atoms with Gasteiger partial charge in [0.2, 0.25) is 0 Å². The van der Waals surface area contributed by atoms with Crippen molar-refractivity contribution in [2.45, 2.75) is 89.1 Å². The predicted octanol–water partition coefficient (Wildman–Crippen LogP) is 10.8. The van der Waals surface area contributed by atoms with Crippen LogP contribution in [0.4, 0.5) is 0 Å². The van der Waals surface area contributed by atoms with E-state index in [0.717, 1.165) is 8.58 Å². The summed E-state index contributed by atoms with van der Waals surface area (Å²) in [6.07, 6.45) is 18.2. The Hall–Kier alpha value is -1.62. The first-order valence-electron chi connectivity index (χ1n) is 13.8. The van der Waals surface area contributed by atoms with Crippen molar-refractivity contribution in [1.82, 2.24) is 0 Å². The molecule has 2 heteroatoms. The normalized spacial score (nSPS) is 11.6. The third-order valence-electron chi connectivity index (χ3n) is 7.04. The fraction of sp³-hybridized carbons (Fsp3) is 0.455. The van der Waals surface area contributed by atoms with Crippen LogP contribution >= 0.6 is 21.0 Å². The molecule has 0 aliphatic rings. The lowest BCUT2D eigenvalue weighted by Crippen LogP contribution is -2.24. The Bertz CT molecular complexity index is 782.